The Kier molecular flexibility index (Phi) is 6.05. The normalized spacial score (nSPS) is 16.5. The Balaban J connectivity index is 1.21. The van der Waals surface area contributed by atoms with E-state index in [1.807, 2.05) is 17.0 Å². The number of benzene rings is 3. The van der Waals surface area contributed by atoms with Crippen molar-refractivity contribution in [3.05, 3.63) is 106 Å². The number of aromatic amines is 1. The van der Waals surface area contributed by atoms with Crippen molar-refractivity contribution in [1.82, 2.24) is 14.8 Å². The second-order valence-electron chi connectivity index (χ2n) is 9.88. The molecule has 0 radical (unpaired) electrons. The lowest BCUT2D eigenvalue weighted by atomic mass is 9.95. The first-order valence-electron chi connectivity index (χ1n) is 12.7. The smallest absolute Gasteiger partial charge is 0.253 e. The summed E-state index contributed by atoms with van der Waals surface area (Å²) in [7, 11) is 0. The predicted molar refractivity (Wildman–Crippen MR) is 137 cm³/mol. The van der Waals surface area contributed by atoms with Crippen molar-refractivity contribution in [2.45, 2.75) is 31.7 Å². The molecule has 4 nitrogen and oxygen atoms in total. The fraction of sp³-hybridized carbons (Fsp3) is 0.300. The van der Waals surface area contributed by atoms with Gasteiger partial charge in [0, 0.05) is 48.3 Å². The first-order valence-corrected chi connectivity index (χ1v) is 12.7. The topological polar surface area (TPSA) is 39.3 Å². The Hall–Kier alpha value is -3.51. The van der Waals surface area contributed by atoms with Crippen molar-refractivity contribution in [1.29, 1.82) is 0 Å². The highest BCUT2D eigenvalue weighted by Crippen LogP contribution is 2.32. The molecule has 0 spiro atoms. The first kappa shape index (κ1) is 22.9. The molecule has 0 saturated carbocycles. The van der Waals surface area contributed by atoms with Crippen LogP contribution in [-0.2, 0) is 12.8 Å². The molecule has 6 heteroatoms. The van der Waals surface area contributed by atoms with Crippen LogP contribution in [0.3, 0.4) is 0 Å². The molecule has 1 fully saturated rings. The average molecular weight is 486 g/mol. The van der Waals surface area contributed by atoms with Crippen LogP contribution in [0.1, 0.15) is 51.6 Å². The molecule has 184 valence electrons. The Morgan fingerprint density at radius 3 is 2.03 bits per heavy atom. The molecule has 0 atom stereocenters. The van der Waals surface area contributed by atoms with Gasteiger partial charge in [-0.1, -0.05) is 24.3 Å². The number of carbonyl (C=O) groups excluding carboxylic acids is 1. The number of fused-ring (bicyclic) bond motifs is 3. The van der Waals surface area contributed by atoms with Crippen molar-refractivity contribution in [3.63, 3.8) is 0 Å². The van der Waals surface area contributed by atoms with Crippen LogP contribution in [0.15, 0.2) is 66.7 Å². The molecule has 0 unspecified atom stereocenters. The van der Waals surface area contributed by atoms with Gasteiger partial charge in [-0.05, 0) is 84.8 Å². The Labute approximate surface area is 209 Å². The van der Waals surface area contributed by atoms with Gasteiger partial charge in [-0.3, -0.25) is 9.69 Å². The van der Waals surface area contributed by atoms with E-state index < -0.39 is 0 Å². The predicted octanol–water partition coefficient (Wildman–Crippen LogP) is 5.87. The summed E-state index contributed by atoms with van der Waals surface area (Å²) >= 11 is 0. The summed E-state index contributed by atoms with van der Waals surface area (Å²) in [6.45, 7) is 2.54. The Bertz CT molecular complexity index is 1340. The lowest BCUT2D eigenvalue weighted by Gasteiger charge is -2.39. The number of carbonyl (C=O) groups is 1. The van der Waals surface area contributed by atoms with Gasteiger partial charge < -0.3 is 9.88 Å². The second kappa shape index (κ2) is 9.51. The fourth-order valence-corrected chi connectivity index (χ4v) is 5.81. The van der Waals surface area contributed by atoms with Crippen LogP contribution >= 0.6 is 0 Å². The number of hydrogen-bond acceptors (Lipinski definition) is 2. The van der Waals surface area contributed by atoms with E-state index >= 15 is 0 Å². The van der Waals surface area contributed by atoms with Crippen molar-refractivity contribution in [3.8, 4) is 0 Å². The van der Waals surface area contributed by atoms with Gasteiger partial charge in [0.25, 0.3) is 5.91 Å². The summed E-state index contributed by atoms with van der Waals surface area (Å²) in [6.07, 6.45) is 4.56. The molecule has 1 amide bonds. The number of halogens is 2. The number of rotatable bonds is 4. The van der Waals surface area contributed by atoms with Crippen molar-refractivity contribution >= 4 is 16.8 Å². The van der Waals surface area contributed by atoms with E-state index in [-0.39, 0.29) is 23.6 Å². The zero-order chi connectivity index (χ0) is 24.6. The van der Waals surface area contributed by atoms with Gasteiger partial charge in [0.15, 0.2) is 0 Å². The van der Waals surface area contributed by atoms with Gasteiger partial charge in [-0.2, -0.15) is 0 Å². The quantitative estimate of drug-likeness (QED) is 0.393. The van der Waals surface area contributed by atoms with E-state index in [1.54, 1.807) is 24.3 Å². The molecule has 1 aromatic heterocycles. The van der Waals surface area contributed by atoms with Gasteiger partial charge in [0.2, 0.25) is 0 Å². The molecular formula is C30H29F2N3O. The third-order valence-electron chi connectivity index (χ3n) is 7.68. The van der Waals surface area contributed by atoms with Crippen LogP contribution < -0.4 is 0 Å². The molecular weight excluding hydrogens is 456 g/mol. The number of aromatic nitrogens is 1. The standard InChI is InChI=1S/C30H29F2N3O/c31-23-10-5-20(6-11-23)29(21-7-12-24(32)13-8-21)34-15-17-35(18-16-34)30(36)22-9-14-28-26(19-22)25-3-1-2-4-27(25)33-28/h5-14,19,29,33H,1-4,15-18H2. The summed E-state index contributed by atoms with van der Waals surface area (Å²) in [4.78, 5) is 21.2. The molecule has 1 aliphatic carbocycles. The van der Waals surface area contributed by atoms with E-state index in [0.29, 0.717) is 26.2 Å². The second-order valence-corrected chi connectivity index (χ2v) is 9.88. The van der Waals surface area contributed by atoms with Crippen molar-refractivity contribution in [2.75, 3.05) is 26.2 Å². The largest absolute Gasteiger partial charge is 0.358 e. The van der Waals surface area contributed by atoms with E-state index in [4.69, 9.17) is 0 Å². The highest BCUT2D eigenvalue weighted by molar-refractivity contribution is 5.99. The summed E-state index contributed by atoms with van der Waals surface area (Å²) in [6, 6.07) is 18.9. The highest BCUT2D eigenvalue weighted by Gasteiger charge is 2.29. The fourth-order valence-electron chi connectivity index (χ4n) is 5.81. The van der Waals surface area contributed by atoms with Gasteiger partial charge >= 0.3 is 0 Å². The lowest BCUT2D eigenvalue weighted by Crippen LogP contribution is -2.49. The van der Waals surface area contributed by atoms with Gasteiger partial charge in [-0.15, -0.1) is 0 Å². The third-order valence-corrected chi connectivity index (χ3v) is 7.68. The number of piperazine rings is 1. The number of nitrogens with zero attached hydrogens (tertiary/aromatic N) is 2. The Morgan fingerprint density at radius 2 is 1.39 bits per heavy atom. The van der Waals surface area contributed by atoms with Crippen LogP contribution in [0.5, 0.6) is 0 Å². The van der Waals surface area contributed by atoms with E-state index in [2.05, 4.69) is 16.0 Å². The SMILES string of the molecule is O=C(c1ccc2[nH]c3c(c2c1)CCCC3)N1CCN(C(c2ccc(F)cc2)c2ccc(F)cc2)CC1. The number of nitrogens with one attached hydrogen (secondary N) is 1. The molecule has 3 aromatic carbocycles. The van der Waals surface area contributed by atoms with Crippen LogP contribution in [0.25, 0.3) is 10.9 Å². The van der Waals surface area contributed by atoms with Gasteiger partial charge in [-0.25, -0.2) is 8.78 Å². The zero-order valence-corrected chi connectivity index (χ0v) is 20.1. The maximum Gasteiger partial charge on any atom is 0.253 e. The molecule has 6 rings (SSSR count). The first-order chi connectivity index (χ1) is 17.6. The molecule has 4 aromatic rings. The molecule has 1 saturated heterocycles. The van der Waals surface area contributed by atoms with E-state index in [0.717, 1.165) is 35.0 Å². The number of hydrogen-bond donors (Lipinski definition) is 1. The summed E-state index contributed by atoms with van der Waals surface area (Å²) in [5, 5.41) is 1.18. The van der Waals surface area contributed by atoms with E-state index in [9.17, 15) is 13.6 Å². The average Bonchev–Trinajstić information content (AvgIpc) is 3.29. The van der Waals surface area contributed by atoms with Gasteiger partial charge in [0.1, 0.15) is 11.6 Å². The molecule has 0 bridgehead atoms. The minimum Gasteiger partial charge on any atom is -0.358 e. The highest BCUT2D eigenvalue weighted by atomic mass is 19.1. The number of aryl methyl sites for hydroxylation is 2. The third kappa shape index (κ3) is 4.30. The minimum absolute atomic E-state index is 0.0578. The van der Waals surface area contributed by atoms with Crippen molar-refractivity contribution < 1.29 is 13.6 Å². The molecule has 1 N–H and O–H groups in total. The molecule has 2 aliphatic rings. The minimum atomic E-state index is -0.285. The lowest BCUT2D eigenvalue weighted by molar-refractivity contribution is 0.0597. The zero-order valence-electron chi connectivity index (χ0n) is 20.1. The molecule has 1 aliphatic heterocycles. The van der Waals surface area contributed by atoms with Crippen molar-refractivity contribution in [2.24, 2.45) is 0 Å². The van der Waals surface area contributed by atoms with Crippen LogP contribution in [0.4, 0.5) is 8.78 Å². The van der Waals surface area contributed by atoms with E-state index in [1.165, 1.54) is 53.8 Å². The van der Waals surface area contributed by atoms with Crippen LogP contribution in [-0.4, -0.2) is 46.9 Å². The summed E-state index contributed by atoms with van der Waals surface area (Å²) in [5.41, 5.74) is 6.44. The van der Waals surface area contributed by atoms with Crippen LogP contribution in [0.2, 0.25) is 0 Å². The summed E-state index contributed by atoms with van der Waals surface area (Å²) in [5.74, 6) is -0.511. The monoisotopic (exact) mass is 485 g/mol. The van der Waals surface area contributed by atoms with Crippen LogP contribution in [0, 0.1) is 11.6 Å². The number of H-pyrrole nitrogens is 1. The molecule has 2 heterocycles. The summed E-state index contributed by atoms with van der Waals surface area (Å²) < 4.78 is 27.2. The maximum atomic E-state index is 13.6. The van der Waals surface area contributed by atoms with Gasteiger partial charge in [0.05, 0.1) is 6.04 Å². The molecule has 36 heavy (non-hydrogen) atoms. The number of amides is 1. The Morgan fingerprint density at radius 1 is 0.778 bits per heavy atom. The maximum absolute atomic E-state index is 13.6.